The fourth-order valence-corrected chi connectivity index (χ4v) is 4.63. The standard InChI is InChI=1S/C13H16Br2O/c1-4-16-8-5-9-11(15)7-13(2,3)12(9)10(14)6-8/h5-6,11H,4,7H2,1-3H3. The summed E-state index contributed by atoms with van der Waals surface area (Å²) in [5.74, 6) is 0.954. The van der Waals surface area contributed by atoms with Crippen molar-refractivity contribution in [1.82, 2.24) is 0 Å². The maximum atomic E-state index is 5.58. The maximum Gasteiger partial charge on any atom is 0.120 e. The van der Waals surface area contributed by atoms with Gasteiger partial charge in [0.2, 0.25) is 0 Å². The normalized spacial score (nSPS) is 21.9. The third-order valence-corrected chi connectivity index (χ3v) is 4.55. The topological polar surface area (TPSA) is 9.23 Å². The highest BCUT2D eigenvalue weighted by molar-refractivity contribution is 9.10. The lowest BCUT2D eigenvalue weighted by Crippen LogP contribution is -2.12. The van der Waals surface area contributed by atoms with Gasteiger partial charge in [-0.1, -0.05) is 45.7 Å². The summed E-state index contributed by atoms with van der Waals surface area (Å²) in [6.07, 6.45) is 1.14. The highest BCUT2D eigenvalue weighted by Gasteiger charge is 2.37. The summed E-state index contributed by atoms with van der Waals surface area (Å²) >= 11 is 7.43. The van der Waals surface area contributed by atoms with Crippen LogP contribution in [0, 0.1) is 0 Å². The number of halogens is 2. The van der Waals surface area contributed by atoms with Crippen molar-refractivity contribution in [3.8, 4) is 5.75 Å². The second-order valence-electron chi connectivity index (χ2n) is 4.86. The van der Waals surface area contributed by atoms with Gasteiger partial charge >= 0.3 is 0 Å². The summed E-state index contributed by atoms with van der Waals surface area (Å²) < 4.78 is 6.74. The second kappa shape index (κ2) is 4.34. The molecule has 0 spiro atoms. The minimum absolute atomic E-state index is 0.229. The Kier molecular flexibility index (Phi) is 3.37. The van der Waals surface area contributed by atoms with E-state index in [1.54, 1.807) is 0 Å². The van der Waals surface area contributed by atoms with Crippen LogP contribution in [-0.2, 0) is 5.41 Å². The van der Waals surface area contributed by atoms with Gasteiger partial charge in [-0.2, -0.15) is 0 Å². The fourth-order valence-electron chi connectivity index (χ4n) is 2.47. The van der Waals surface area contributed by atoms with E-state index in [0.717, 1.165) is 12.2 Å². The van der Waals surface area contributed by atoms with Crippen LogP contribution in [0.1, 0.15) is 43.1 Å². The summed E-state index contributed by atoms with van der Waals surface area (Å²) in [7, 11) is 0. The van der Waals surface area contributed by atoms with Gasteiger partial charge < -0.3 is 4.74 Å². The average Bonchev–Trinajstić information content (AvgIpc) is 2.37. The molecule has 1 aliphatic carbocycles. The molecule has 16 heavy (non-hydrogen) atoms. The Bertz CT molecular complexity index is 413. The van der Waals surface area contributed by atoms with Crippen molar-refractivity contribution in [2.24, 2.45) is 0 Å². The zero-order chi connectivity index (χ0) is 11.9. The van der Waals surface area contributed by atoms with Gasteiger partial charge in [0.25, 0.3) is 0 Å². The minimum Gasteiger partial charge on any atom is -0.494 e. The van der Waals surface area contributed by atoms with Gasteiger partial charge in [0.05, 0.1) is 6.61 Å². The van der Waals surface area contributed by atoms with E-state index in [9.17, 15) is 0 Å². The quantitative estimate of drug-likeness (QED) is 0.686. The minimum atomic E-state index is 0.229. The first-order valence-corrected chi connectivity index (χ1v) is 7.27. The molecule has 1 atom stereocenters. The Morgan fingerprint density at radius 1 is 1.44 bits per heavy atom. The predicted molar refractivity (Wildman–Crippen MR) is 74.6 cm³/mol. The van der Waals surface area contributed by atoms with Crippen LogP contribution in [0.4, 0.5) is 0 Å². The molecule has 0 N–H and O–H groups in total. The molecular formula is C13H16Br2O. The molecule has 0 heterocycles. The summed E-state index contributed by atoms with van der Waals surface area (Å²) in [4.78, 5) is 0.439. The molecule has 88 valence electrons. The summed E-state index contributed by atoms with van der Waals surface area (Å²) in [6, 6.07) is 4.24. The average molecular weight is 348 g/mol. The number of rotatable bonds is 2. The first kappa shape index (κ1) is 12.4. The Labute approximate surface area is 114 Å². The summed E-state index contributed by atoms with van der Waals surface area (Å²) in [5.41, 5.74) is 3.01. The van der Waals surface area contributed by atoms with E-state index in [4.69, 9.17) is 4.74 Å². The number of alkyl halides is 1. The molecule has 1 aromatic rings. The highest BCUT2D eigenvalue weighted by Crippen LogP contribution is 2.52. The van der Waals surface area contributed by atoms with Crippen molar-refractivity contribution in [2.45, 2.75) is 37.4 Å². The van der Waals surface area contributed by atoms with Crippen LogP contribution in [-0.4, -0.2) is 6.61 Å². The Hall–Kier alpha value is -0.0200. The van der Waals surface area contributed by atoms with E-state index < -0.39 is 0 Å². The first-order valence-electron chi connectivity index (χ1n) is 5.56. The monoisotopic (exact) mass is 346 g/mol. The number of hydrogen-bond acceptors (Lipinski definition) is 1. The predicted octanol–water partition coefficient (Wildman–Crippen LogP) is 4.97. The van der Waals surface area contributed by atoms with Crippen molar-refractivity contribution in [2.75, 3.05) is 6.61 Å². The van der Waals surface area contributed by atoms with E-state index in [0.29, 0.717) is 11.4 Å². The zero-order valence-corrected chi connectivity index (χ0v) is 13.0. The van der Waals surface area contributed by atoms with Gasteiger partial charge in [0.1, 0.15) is 5.75 Å². The molecule has 0 radical (unpaired) electrons. The molecule has 0 saturated carbocycles. The fraction of sp³-hybridized carbons (Fsp3) is 0.538. The van der Waals surface area contributed by atoms with Crippen molar-refractivity contribution in [3.63, 3.8) is 0 Å². The highest BCUT2D eigenvalue weighted by atomic mass is 79.9. The molecule has 0 bridgehead atoms. The van der Waals surface area contributed by atoms with Crippen LogP contribution in [0.2, 0.25) is 0 Å². The lowest BCUT2D eigenvalue weighted by molar-refractivity contribution is 0.339. The summed E-state index contributed by atoms with van der Waals surface area (Å²) in [5, 5.41) is 0. The van der Waals surface area contributed by atoms with Gasteiger partial charge in [-0.15, -0.1) is 0 Å². The van der Waals surface area contributed by atoms with Gasteiger partial charge in [0, 0.05) is 9.30 Å². The lowest BCUT2D eigenvalue weighted by atomic mass is 9.87. The van der Waals surface area contributed by atoms with Crippen LogP contribution in [0.25, 0.3) is 0 Å². The van der Waals surface area contributed by atoms with E-state index in [1.165, 1.54) is 15.6 Å². The third-order valence-electron chi connectivity index (χ3n) is 3.11. The smallest absolute Gasteiger partial charge is 0.120 e. The Morgan fingerprint density at radius 2 is 2.12 bits per heavy atom. The van der Waals surface area contributed by atoms with E-state index in [1.807, 2.05) is 6.92 Å². The van der Waals surface area contributed by atoms with Crippen LogP contribution < -0.4 is 4.74 Å². The molecule has 3 heteroatoms. The summed E-state index contributed by atoms with van der Waals surface area (Å²) in [6.45, 7) is 7.30. The van der Waals surface area contributed by atoms with Crippen LogP contribution >= 0.6 is 31.9 Å². The molecule has 1 aromatic carbocycles. The van der Waals surface area contributed by atoms with Crippen molar-refractivity contribution in [3.05, 3.63) is 27.7 Å². The zero-order valence-electron chi connectivity index (χ0n) is 9.81. The molecule has 0 saturated heterocycles. The molecule has 0 amide bonds. The molecule has 1 aliphatic rings. The molecule has 0 aliphatic heterocycles. The van der Waals surface area contributed by atoms with Gasteiger partial charge in [-0.3, -0.25) is 0 Å². The van der Waals surface area contributed by atoms with E-state index in [2.05, 4.69) is 57.8 Å². The Balaban J connectivity index is 2.53. The first-order chi connectivity index (χ1) is 7.45. The molecule has 1 unspecified atom stereocenters. The third kappa shape index (κ3) is 2.04. The van der Waals surface area contributed by atoms with Crippen LogP contribution in [0.3, 0.4) is 0 Å². The van der Waals surface area contributed by atoms with E-state index in [-0.39, 0.29) is 5.41 Å². The van der Waals surface area contributed by atoms with Crippen molar-refractivity contribution >= 4 is 31.9 Å². The maximum absolute atomic E-state index is 5.58. The second-order valence-corrected chi connectivity index (χ2v) is 6.82. The molecule has 2 rings (SSSR count). The van der Waals surface area contributed by atoms with Crippen molar-refractivity contribution < 1.29 is 4.74 Å². The lowest BCUT2D eigenvalue weighted by Gasteiger charge is -2.20. The molecular weight excluding hydrogens is 332 g/mol. The SMILES string of the molecule is CCOc1cc(Br)c2c(c1)C(Br)CC2(C)C. The molecule has 0 fully saturated rings. The van der Waals surface area contributed by atoms with Crippen molar-refractivity contribution in [1.29, 1.82) is 0 Å². The Morgan fingerprint density at radius 3 is 2.75 bits per heavy atom. The number of hydrogen-bond donors (Lipinski definition) is 0. The number of ether oxygens (including phenoxy) is 1. The van der Waals surface area contributed by atoms with Crippen LogP contribution in [0.5, 0.6) is 5.75 Å². The van der Waals surface area contributed by atoms with E-state index >= 15 is 0 Å². The molecule has 1 nitrogen and oxygen atoms in total. The van der Waals surface area contributed by atoms with Crippen LogP contribution in [0.15, 0.2) is 16.6 Å². The number of benzene rings is 1. The van der Waals surface area contributed by atoms with Gasteiger partial charge in [-0.05, 0) is 42.0 Å². The largest absolute Gasteiger partial charge is 0.494 e. The van der Waals surface area contributed by atoms with Gasteiger partial charge in [-0.25, -0.2) is 0 Å². The molecule has 0 aromatic heterocycles. The van der Waals surface area contributed by atoms with Gasteiger partial charge in [0.15, 0.2) is 0 Å². The number of fused-ring (bicyclic) bond motifs is 1.